The van der Waals surface area contributed by atoms with Crippen molar-refractivity contribution in [3.8, 4) is 17.1 Å². The molecule has 1 aliphatic rings. The lowest BCUT2D eigenvalue weighted by atomic mass is 9.87. The van der Waals surface area contributed by atoms with Gasteiger partial charge in [0.25, 0.3) is 5.69 Å². The van der Waals surface area contributed by atoms with Gasteiger partial charge in [0.1, 0.15) is 0 Å². The van der Waals surface area contributed by atoms with Gasteiger partial charge in [0.2, 0.25) is 0 Å². The largest absolute Gasteiger partial charge is 0.616 e. The average molecular weight is 339 g/mol. The Balaban J connectivity index is 1.95. The SMILES string of the molecule is Cn1c(-c2c[nH]c3ccccc23)c(O)[n+]([O-])c(C2CCCCC2)c1=O. The normalized spacial score (nSPS) is 15.7. The van der Waals surface area contributed by atoms with E-state index in [9.17, 15) is 15.1 Å². The topological polar surface area (TPSA) is 85.0 Å². The van der Waals surface area contributed by atoms with Crippen LogP contribution in [0.5, 0.6) is 5.88 Å². The average Bonchev–Trinajstić information content (AvgIpc) is 3.05. The zero-order valence-corrected chi connectivity index (χ0v) is 14.2. The molecular formula is C19H21N3O3. The van der Waals surface area contributed by atoms with E-state index in [4.69, 9.17) is 0 Å². The van der Waals surface area contributed by atoms with E-state index in [-0.39, 0.29) is 22.9 Å². The highest BCUT2D eigenvalue weighted by Crippen LogP contribution is 2.34. The minimum Gasteiger partial charge on any atom is -0.616 e. The summed E-state index contributed by atoms with van der Waals surface area (Å²) in [6.07, 6.45) is 6.53. The van der Waals surface area contributed by atoms with E-state index in [1.165, 1.54) is 4.57 Å². The fraction of sp³-hybridized carbons (Fsp3) is 0.368. The molecule has 1 saturated carbocycles. The van der Waals surface area contributed by atoms with E-state index in [2.05, 4.69) is 4.98 Å². The second kappa shape index (κ2) is 5.95. The third-order valence-corrected chi connectivity index (χ3v) is 5.32. The van der Waals surface area contributed by atoms with Gasteiger partial charge in [0.15, 0.2) is 5.69 Å². The molecule has 25 heavy (non-hydrogen) atoms. The van der Waals surface area contributed by atoms with Gasteiger partial charge in [-0.05, 0) is 18.9 Å². The van der Waals surface area contributed by atoms with Crippen LogP contribution in [0, 0.1) is 5.21 Å². The van der Waals surface area contributed by atoms with E-state index in [0.717, 1.165) is 43.0 Å². The summed E-state index contributed by atoms with van der Waals surface area (Å²) in [7, 11) is 1.62. The maximum Gasteiger partial charge on any atom is 0.402 e. The number of hydrogen-bond acceptors (Lipinski definition) is 3. The van der Waals surface area contributed by atoms with Crippen LogP contribution in [-0.4, -0.2) is 14.7 Å². The minimum atomic E-state index is -0.410. The number of hydrogen-bond donors (Lipinski definition) is 2. The summed E-state index contributed by atoms with van der Waals surface area (Å²) in [5.41, 5.74) is 1.63. The molecule has 1 aliphatic carbocycles. The molecule has 0 unspecified atom stereocenters. The first-order valence-corrected chi connectivity index (χ1v) is 8.71. The van der Waals surface area contributed by atoms with Crippen LogP contribution < -0.4 is 10.3 Å². The Bertz CT molecular complexity index is 997. The second-order valence-corrected chi connectivity index (χ2v) is 6.80. The number of nitrogens with one attached hydrogen (secondary N) is 1. The summed E-state index contributed by atoms with van der Waals surface area (Å²) in [5, 5.41) is 24.2. The van der Waals surface area contributed by atoms with Crippen LogP contribution in [0.3, 0.4) is 0 Å². The second-order valence-electron chi connectivity index (χ2n) is 6.80. The standard InChI is InChI=1S/C19H21N3O3/c1-21-17(14-11-20-15-10-6-5-9-13(14)15)19(24)22(25)16(18(21)23)12-7-3-2-4-8-12/h5-6,9-12,20,24H,2-4,7-8H2,1H3. The lowest BCUT2D eigenvalue weighted by Crippen LogP contribution is -2.45. The summed E-state index contributed by atoms with van der Waals surface area (Å²) in [4.78, 5) is 16.0. The van der Waals surface area contributed by atoms with Crippen molar-refractivity contribution in [2.45, 2.75) is 38.0 Å². The van der Waals surface area contributed by atoms with Crippen molar-refractivity contribution in [1.82, 2.24) is 9.55 Å². The van der Waals surface area contributed by atoms with Gasteiger partial charge in [-0.25, -0.2) is 0 Å². The van der Waals surface area contributed by atoms with E-state index in [0.29, 0.717) is 10.3 Å². The van der Waals surface area contributed by atoms with E-state index in [1.54, 1.807) is 13.2 Å². The van der Waals surface area contributed by atoms with Gasteiger partial charge >= 0.3 is 11.4 Å². The van der Waals surface area contributed by atoms with Crippen LogP contribution in [0.4, 0.5) is 0 Å². The molecule has 0 amide bonds. The molecule has 2 aromatic heterocycles. The molecule has 0 radical (unpaired) electrons. The number of fused-ring (bicyclic) bond motifs is 1. The lowest BCUT2D eigenvalue weighted by Gasteiger charge is -2.21. The fourth-order valence-corrected chi connectivity index (χ4v) is 4.01. The molecule has 0 saturated heterocycles. The van der Waals surface area contributed by atoms with Crippen LogP contribution in [0.2, 0.25) is 0 Å². The number of aromatic hydroxyl groups is 1. The van der Waals surface area contributed by atoms with Crippen LogP contribution >= 0.6 is 0 Å². The molecule has 0 spiro atoms. The number of rotatable bonds is 2. The Hall–Kier alpha value is -2.76. The number of para-hydroxylation sites is 1. The highest BCUT2D eigenvalue weighted by atomic mass is 16.5. The van der Waals surface area contributed by atoms with Gasteiger partial charge in [-0.15, -0.1) is 4.73 Å². The zero-order valence-electron chi connectivity index (χ0n) is 14.2. The molecule has 4 rings (SSSR count). The summed E-state index contributed by atoms with van der Waals surface area (Å²) < 4.78 is 1.86. The van der Waals surface area contributed by atoms with Gasteiger partial charge in [0, 0.05) is 29.7 Å². The van der Waals surface area contributed by atoms with Crippen LogP contribution in [0.25, 0.3) is 22.2 Å². The van der Waals surface area contributed by atoms with Gasteiger partial charge in [0.05, 0.1) is 5.92 Å². The first-order valence-electron chi connectivity index (χ1n) is 8.71. The molecule has 0 aliphatic heterocycles. The van der Waals surface area contributed by atoms with Crippen LogP contribution in [0.15, 0.2) is 35.3 Å². The molecule has 2 heterocycles. The number of aromatic amines is 1. The quantitative estimate of drug-likeness (QED) is 0.556. The third kappa shape index (κ3) is 2.40. The zero-order chi connectivity index (χ0) is 17.6. The van der Waals surface area contributed by atoms with Gasteiger partial charge in [-0.3, -0.25) is 9.36 Å². The molecule has 0 bridgehead atoms. The number of benzene rings is 1. The Morgan fingerprint density at radius 1 is 1.24 bits per heavy atom. The van der Waals surface area contributed by atoms with Crippen molar-refractivity contribution in [3.05, 3.63) is 51.7 Å². The first kappa shape index (κ1) is 15.7. The van der Waals surface area contributed by atoms with Crippen molar-refractivity contribution in [1.29, 1.82) is 0 Å². The van der Waals surface area contributed by atoms with Crippen LogP contribution in [0.1, 0.15) is 43.7 Å². The molecule has 1 fully saturated rings. The molecule has 130 valence electrons. The van der Waals surface area contributed by atoms with E-state index in [1.807, 2.05) is 24.3 Å². The summed E-state index contributed by atoms with van der Waals surface area (Å²) >= 11 is 0. The number of H-pyrrole nitrogens is 1. The molecule has 1 aromatic carbocycles. The Morgan fingerprint density at radius 3 is 2.72 bits per heavy atom. The van der Waals surface area contributed by atoms with Crippen molar-refractivity contribution < 1.29 is 9.84 Å². The maximum absolute atomic E-state index is 12.9. The van der Waals surface area contributed by atoms with Crippen molar-refractivity contribution in [2.24, 2.45) is 7.05 Å². The van der Waals surface area contributed by atoms with Gasteiger partial charge < -0.3 is 15.3 Å². The Labute approximate surface area is 144 Å². The molecule has 0 atom stereocenters. The highest BCUT2D eigenvalue weighted by molar-refractivity contribution is 5.95. The fourth-order valence-electron chi connectivity index (χ4n) is 4.01. The predicted octanol–water partition coefficient (Wildman–Crippen LogP) is 2.92. The van der Waals surface area contributed by atoms with Crippen molar-refractivity contribution in [3.63, 3.8) is 0 Å². The maximum atomic E-state index is 12.9. The number of nitrogens with zero attached hydrogens (tertiary/aromatic N) is 2. The van der Waals surface area contributed by atoms with E-state index >= 15 is 0 Å². The highest BCUT2D eigenvalue weighted by Gasteiger charge is 2.32. The van der Waals surface area contributed by atoms with Crippen LogP contribution in [-0.2, 0) is 7.05 Å². The first-order chi connectivity index (χ1) is 12.1. The summed E-state index contributed by atoms with van der Waals surface area (Å²) in [6.45, 7) is 0. The minimum absolute atomic E-state index is 0.0760. The summed E-state index contributed by atoms with van der Waals surface area (Å²) in [6, 6.07) is 7.60. The predicted molar refractivity (Wildman–Crippen MR) is 95.4 cm³/mol. The van der Waals surface area contributed by atoms with Gasteiger partial charge in [-0.2, -0.15) is 0 Å². The Kier molecular flexibility index (Phi) is 3.75. The van der Waals surface area contributed by atoms with E-state index < -0.39 is 5.88 Å². The Morgan fingerprint density at radius 2 is 1.96 bits per heavy atom. The number of aromatic nitrogens is 3. The monoisotopic (exact) mass is 339 g/mol. The lowest BCUT2D eigenvalue weighted by molar-refractivity contribution is -0.624. The smallest absolute Gasteiger partial charge is 0.402 e. The molecule has 6 heteroatoms. The molecule has 2 N–H and O–H groups in total. The van der Waals surface area contributed by atoms with Crippen molar-refractivity contribution >= 4 is 10.9 Å². The molecule has 6 nitrogen and oxygen atoms in total. The summed E-state index contributed by atoms with van der Waals surface area (Å²) in [5.74, 6) is -0.486. The third-order valence-electron chi connectivity index (χ3n) is 5.32. The van der Waals surface area contributed by atoms with Crippen molar-refractivity contribution in [2.75, 3.05) is 0 Å². The molecular weight excluding hydrogens is 318 g/mol. The molecule has 3 aromatic rings. The van der Waals surface area contributed by atoms with Gasteiger partial charge in [-0.1, -0.05) is 37.5 Å².